The van der Waals surface area contributed by atoms with E-state index in [4.69, 9.17) is 5.73 Å². The first-order valence-electron chi connectivity index (χ1n) is 5.70. The van der Waals surface area contributed by atoms with Gasteiger partial charge < -0.3 is 5.73 Å². The fourth-order valence-corrected chi connectivity index (χ4v) is 1.74. The largest absolute Gasteiger partial charge is 0.327 e. The van der Waals surface area contributed by atoms with Crippen molar-refractivity contribution in [2.75, 3.05) is 0 Å². The summed E-state index contributed by atoms with van der Waals surface area (Å²) in [4.78, 5) is 4.36. The number of rotatable bonds is 4. The highest BCUT2D eigenvalue weighted by Gasteiger charge is 2.23. The quantitative estimate of drug-likeness (QED) is 0.822. The number of pyridine rings is 1. The van der Waals surface area contributed by atoms with E-state index in [9.17, 15) is 0 Å². The van der Waals surface area contributed by atoms with Gasteiger partial charge in [0.05, 0.1) is 0 Å². The number of nitrogens with zero attached hydrogens (tertiary/aromatic N) is 1. The van der Waals surface area contributed by atoms with Gasteiger partial charge in [-0.25, -0.2) is 0 Å². The zero-order valence-electron chi connectivity index (χ0n) is 10.1. The molecule has 84 valence electrons. The highest BCUT2D eigenvalue weighted by atomic mass is 14.7. The second-order valence-electron chi connectivity index (χ2n) is 4.72. The van der Waals surface area contributed by atoms with Gasteiger partial charge in [-0.3, -0.25) is 4.98 Å². The van der Waals surface area contributed by atoms with Crippen LogP contribution >= 0.6 is 0 Å². The van der Waals surface area contributed by atoms with Crippen LogP contribution in [0.2, 0.25) is 0 Å². The summed E-state index contributed by atoms with van der Waals surface area (Å²) < 4.78 is 0. The summed E-state index contributed by atoms with van der Waals surface area (Å²) in [5.74, 6) is 1.46. The van der Waals surface area contributed by atoms with Gasteiger partial charge >= 0.3 is 0 Å². The van der Waals surface area contributed by atoms with Gasteiger partial charge in [0.25, 0.3) is 0 Å². The fraction of sp³-hybridized carbons (Fsp3) is 0.615. The van der Waals surface area contributed by atoms with Crippen LogP contribution in [0.15, 0.2) is 24.4 Å². The Morgan fingerprint density at radius 1 is 1.13 bits per heavy atom. The lowest BCUT2D eigenvalue weighted by molar-refractivity contribution is 0.315. The van der Waals surface area contributed by atoms with Crippen LogP contribution in [0.25, 0.3) is 0 Å². The summed E-state index contributed by atoms with van der Waals surface area (Å²) in [5, 5.41) is 0. The molecule has 0 aliphatic rings. The van der Waals surface area contributed by atoms with Crippen molar-refractivity contribution in [1.29, 1.82) is 0 Å². The van der Waals surface area contributed by atoms with Gasteiger partial charge in [0.1, 0.15) is 0 Å². The average molecular weight is 206 g/mol. The van der Waals surface area contributed by atoms with E-state index in [2.05, 4.69) is 38.7 Å². The normalized spacial score (nSPS) is 17.5. The topological polar surface area (TPSA) is 38.9 Å². The summed E-state index contributed by atoms with van der Waals surface area (Å²) in [5.41, 5.74) is 7.35. The first-order valence-corrected chi connectivity index (χ1v) is 5.70. The molecule has 2 N–H and O–H groups in total. The van der Waals surface area contributed by atoms with E-state index in [0.717, 1.165) is 5.69 Å². The predicted octanol–water partition coefficient (Wildman–Crippen LogP) is 2.80. The minimum absolute atomic E-state index is 0.180. The Bertz CT molecular complexity index is 282. The molecule has 0 radical (unpaired) electrons. The monoisotopic (exact) mass is 206 g/mol. The molecule has 1 rings (SSSR count). The van der Waals surface area contributed by atoms with Crippen LogP contribution in [-0.4, -0.2) is 11.0 Å². The Kier molecular flexibility index (Phi) is 4.28. The second-order valence-corrected chi connectivity index (χ2v) is 4.72. The van der Waals surface area contributed by atoms with E-state index in [-0.39, 0.29) is 6.04 Å². The Labute approximate surface area is 92.9 Å². The summed E-state index contributed by atoms with van der Waals surface area (Å²) in [6, 6.07) is 6.19. The Morgan fingerprint density at radius 3 is 2.27 bits per heavy atom. The molecule has 3 atom stereocenters. The molecule has 1 heterocycles. The molecule has 0 saturated heterocycles. The van der Waals surface area contributed by atoms with Gasteiger partial charge in [-0.1, -0.05) is 33.8 Å². The lowest BCUT2D eigenvalue weighted by Crippen LogP contribution is -2.36. The van der Waals surface area contributed by atoms with E-state index in [1.807, 2.05) is 18.3 Å². The first kappa shape index (κ1) is 12.2. The molecule has 2 nitrogen and oxygen atoms in total. The van der Waals surface area contributed by atoms with Gasteiger partial charge in [-0.05, 0) is 24.0 Å². The molecule has 0 aromatic carbocycles. The highest BCUT2D eigenvalue weighted by molar-refractivity contribution is 5.11. The lowest BCUT2D eigenvalue weighted by atomic mass is 9.82. The second kappa shape index (κ2) is 5.26. The molecule has 0 spiro atoms. The van der Waals surface area contributed by atoms with Gasteiger partial charge in [0, 0.05) is 23.9 Å². The van der Waals surface area contributed by atoms with Crippen molar-refractivity contribution in [1.82, 2.24) is 4.98 Å². The number of hydrogen-bond acceptors (Lipinski definition) is 2. The minimum atomic E-state index is 0.180. The molecule has 2 heteroatoms. The average Bonchev–Trinajstić information content (AvgIpc) is 2.27. The maximum atomic E-state index is 6.25. The van der Waals surface area contributed by atoms with Gasteiger partial charge in [0.15, 0.2) is 0 Å². The van der Waals surface area contributed by atoms with Crippen LogP contribution in [0.4, 0.5) is 0 Å². The lowest BCUT2D eigenvalue weighted by Gasteiger charge is -2.28. The highest BCUT2D eigenvalue weighted by Crippen LogP contribution is 2.24. The van der Waals surface area contributed by atoms with E-state index in [1.165, 1.54) is 0 Å². The van der Waals surface area contributed by atoms with Crippen LogP contribution in [0.5, 0.6) is 0 Å². The van der Waals surface area contributed by atoms with Crippen molar-refractivity contribution >= 4 is 0 Å². The maximum Gasteiger partial charge on any atom is 0.0447 e. The number of aromatic nitrogens is 1. The molecule has 1 aromatic rings. The van der Waals surface area contributed by atoms with Crippen LogP contribution < -0.4 is 5.73 Å². The maximum absolute atomic E-state index is 6.25. The molecule has 0 aliphatic carbocycles. The Balaban J connectivity index is 2.73. The molecule has 0 saturated carbocycles. The van der Waals surface area contributed by atoms with Crippen molar-refractivity contribution in [2.45, 2.75) is 39.7 Å². The van der Waals surface area contributed by atoms with E-state index < -0.39 is 0 Å². The summed E-state index contributed by atoms with van der Waals surface area (Å²) in [6.45, 7) is 8.81. The van der Waals surface area contributed by atoms with Crippen molar-refractivity contribution in [3.05, 3.63) is 30.1 Å². The standard InChI is InChI=1S/C13H22N2/c1-9(2)10(3)13(14)11(4)12-7-5-6-8-15-12/h5-11,13H,14H2,1-4H3. The van der Waals surface area contributed by atoms with Gasteiger partial charge in [-0.15, -0.1) is 0 Å². The minimum Gasteiger partial charge on any atom is -0.327 e. The van der Waals surface area contributed by atoms with Crippen molar-refractivity contribution in [3.8, 4) is 0 Å². The van der Waals surface area contributed by atoms with Crippen molar-refractivity contribution < 1.29 is 0 Å². The predicted molar refractivity (Wildman–Crippen MR) is 64.6 cm³/mol. The smallest absolute Gasteiger partial charge is 0.0447 e. The fourth-order valence-electron chi connectivity index (χ4n) is 1.74. The molecule has 0 fully saturated rings. The zero-order valence-corrected chi connectivity index (χ0v) is 10.1. The molecule has 15 heavy (non-hydrogen) atoms. The summed E-state index contributed by atoms with van der Waals surface area (Å²) in [6.07, 6.45) is 1.83. The number of nitrogens with two attached hydrogens (primary N) is 1. The summed E-state index contributed by atoms with van der Waals surface area (Å²) in [7, 11) is 0. The summed E-state index contributed by atoms with van der Waals surface area (Å²) >= 11 is 0. The molecule has 3 unspecified atom stereocenters. The van der Waals surface area contributed by atoms with Crippen LogP contribution in [-0.2, 0) is 0 Å². The van der Waals surface area contributed by atoms with E-state index in [0.29, 0.717) is 17.8 Å². The third kappa shape index (κ3) is 3.03. The third-order valence-electron chi connectivity index (χ3n) is 3.39. The van der Waals surface area contributed by atoms with Crippen molar-refractivity contribution in [2.24, 2.45) is 17.6 Å². The molecule has 0 amide bonds. The number of hydrogen-bond donors (Lipinski definition) is 1. The third-order valence-corrected chi connectivity index (χ3v) is 3.39. The Hall–Kier alpha value is -0.890. The molecule has 1 aromatic heterocycles. The zero-order chi connectivity index (χ0) is 11.4. The van der Waals surface area contributed by atoms with E-state index in [1.54, 1.807) is 0 Å². The Morgan fingerprint density at radius 2 is 1.80 bits per heavy atom. The van der Waals surface area contributed by atoms with Crippen molar-refractivity contribution in [3.63, 3.8) is 0 Å². The van der Waals surface area contributed by atoms with E-state index >= 15 is 0 Å². The molecular weight excluding hydrogens is 184 g/mol. The first-order chi connectivity index (χ1) is 7.04. The molecule has 0 aliphatic heterocycles. The SMILES string of the molecule is CC(C)C(C)C(N)C(C)c1ccccn1. The van der Waals surface area contributed by atoms with Crippen LogP contribution in [0, 0.1) is 11.8 Å². The molecular formula is C13H22N2. The van der Waals surface area contributed by atoms with Gasteiger partial charge in [-0.2, -0.15) is 0 Å². The van der Waals surface area contributed by atoms with Crippen LogP contribution in [0.1, 0.15) is 39.3 Å². The van der Waals surface area contributed by atoms with Crippen LogP contribution in [0.3, 0.4) is 0 Å². The molecule has 0 bridgehead atoms. The van der Waals surface area contributed by atoms with Gasteiger partial charge in [0.2, 0.25) is 0 Å².